The first-order valence-electron chi connectivity index (χ1n) is 5.17. The van der Waals surface area contributed by atoms with Crippen LogP contribution in [0.4, 0.5) is 0 Å². The van der Waals surface area contributed by atoms with Crippen molar-refractivity contribution in [1.82, 2.24) is 10.3 Å². The van der Waals surface area contributed by atoms with E-state index in [2.05, 4.69) is 15.3 Å². The molecule has 0 atom stereocenters. The summed E-state index contributed by atoms with van der Waals surface area (Å²) in [5, 5.41) is 3.02. The van der Waals surface area contributed by atoms with Gasteiger partial charge in [0.2, 0.25) is 5.88 Å². The molecule has 0 aromatic carbocycles. The van der Waals surface area contributed by atoms with Crippen molar-refractivity contribution >= 4 is 5.96 Å². The van der Waals surface area contributed by atoms with E-state index in [9.17, 15) is 0 Å². The van der Waals surface area contributed by atoms with Gasteiger partial charge >= 0.3 is 0 Å². The summed E-state index contributed by atoms with van der Waals surface area (Å²) in [7, 11) is 1.59. The molecule has 0 aliphatic heterocycles. The Morgan fingerprint density at radius 1 is 1.62 bits per heavy atom. The van der Waals surface area contributed by atoms with Crippen LogP contribution in [0.2, 0.25) is 0 Å². The normalized spacial score (nSPS) is 11.6. The Kier molecular flexibility index (Phi) is 4.57. The van der Waals surface area contributed by atoms with Crippen molar-refractivity contribution in [3.05, 3.63) is 23.9 Å². The van der Waals surface area contributed by atoms with E-state index >= 15 is 0 Å². The fourth-order valence-electron chi connectivity index (χ4n) is 1.24. The van der Waals surface area contributed by atoms with Gasteiger partial charge in [-0.05, 0) is 19.9 Å². The number of hydrogen-bond acceptors (Lipinski definition) is 3. The van der Waals surface area contributed by atoms with E-state index in [0.717, 1.165) is 5.56 Å². The van der Waals surface area contributed by atoms with Crippen molar-refractivity contribution in [3.8, 4) is 5.88 Å². The summed E-state index contributed by atoms with van der Waals surface area (Å²) >= 11 is 0. The smallest absolute Gasteiger partial charge is 0.218 e. The molecule has 1 heterocycles. The minimum Gasteiger partial charge on any atom is -0.481 e. The Balaban J connectivity index is 2.66. The lowest BCUT2D eigenvalue weighted by Gasteiger charge is -2.09. The number of nitrogens with two attached hydrogens (primary N) is 1. The summed E-state index contributed by atoms with van der Waals surface area (Å²) in [6.07, 6.45) is 1.68. The maximum Gasteiger partial charge on any atom is 0.218 e. The molecule has 1 aromatic rings. The van der Waals surface area contributed by atoms with Crippen molar-refractivity contribution in [2.75, 3.05) is 7.11 Å². The third-order valence-electron chi connectivity index (χ3n) is 1.90. The van der Waals surface area contributed by atoms with Gasteiger partial charge in [0.15, 0.2) is 5.96 Å². The molecule has 0 spiro atoms. The second-order valence-corrected chi connectivity index (χ2v) is 3.67. The second kappa shape index (κ2) is 5.95. The number of nitrogens with zero attached hydrogens (tertiary/aromatic N) is 2. The third-order valence-corrected chi connectivity index (χ3v) is 1.90. The quantitative estimate of drug-likeness (QED) is 0.586. The molecular formula is C11H18N4O. The van der Waals surface area contributed by atoms with Gasteiger partial charge in [-0.1, -0.05) is 6.07 Å². The van der Waals surface area contributed by atoms with E-state index in [4.69, 9.17) is 10.5 Å². The maximum absolute atomic E-state index is 5.69. The Morgan fingerprint density at radius 2 is 2.38 bits per heavy atom. The monoisotopic (exact) mass is 222 g/mol. The molecule has 0 radical (unpaired) electrons. The Labute approximate surface area is 95.7 Å². The number of methoxy groups -OCH3 is 1. The molecule has 0 aliphatic carbocycles. The van der Waals surface area contributed by atoms with Crippen molar-refractivity contribution in [2.45, 2.75) is 26.4 Å². The standard InChI is InChI=1S/C11H18N4O/c1-8(2)15-11(12)14-7-9-5-4-6-13-10(9)16-3/h4-6,8H,7H2,1-3H3,(H3,12,14,15). The number of aromatic nitrogens is 1. The van der Waals surface area contributed by atoms with Crippen molar-refractivity contribution in [2.24, 2.45) is 10.7 Å². The van der Waals surface area contributed by atoms with Crippen LogP contribution in [-0.4, -0.2) is 24.1 Å². The second-order valence-electron chi connectivity index (χ2n) is 3.67. The number of hydrogen-bond donors (Lipinski definition) is 2. The van der Waals surface area contributed by atoms with Crippen molar-refractivity contribution in [3.63, 3.8) is 0 Å². The fraction of sp³-hybridized carbons (Fsp3) is 0.455. The average Bonchev–Trinajstić information content (AvgIpc) is 2.26. The average molecular weight is 222 g/mol. The summed E-state index contributed by atoms with van der Waals surface area (Å²) in [4.78, 5) is 8.29. The van der Waals surface area contributed by atoms with Crippen LogP contribution in [0.15, 0.2) is 23.3 Å². The molecule has 0 fully saturated rings. The Morgan fingerprint density at radius 3 is 3.00 bits per heavy atom. The van der Waals surface area contributed by atoms with Crippen LogP contribution < -0.4 is 15.8 Å². The van der Waals surface area contributed by atoms with Crippen molar-refractivity contribution < 1.29 is 4.74 Å². The van der Waals surface area contributed by atoms with Gasteiger partial charge < -0.3 is 15.8 Å². The predicted molar refractivity (Wildman–Crippen MR) is 64.4 cm³/mol. The zero-order valence-corrected chi connectivity index (χ0v) is 9.90. The highest BCUT2D eigenvalue weighted by Crippen LogP contribution is 2.14. The topological polar surface area (TPSA) is 72.5 Å². The number of aliphatic imine (C=N–C) groups is 1. The third kappa shape index (κ3) is 3.76. The van der Waals surface area contributed by atoms with Gasteiger partial charge in [-0.25, -0.2) is 9.98 Å². The molecule has 16 heavy (non-hydrogen) atoms. The van der Waals surface area contributed by atoms with Crippen LogP contribution >= 0.6 is 0 Å². The highest BCUT2D eigenvalue weighted by atomic mass is 16.5. The molecule has 88 valence electrons. The van der Waals surface area contributed by atoms with Gasteiger partial charge in [-0.15, -0.1) is 0 Å². The van der Waals surface area contributed by atoms with E-state index in [1.807, 2.05) is 26.0 Å². The molecule has 1 aromatic heterocycles. The molecule has 0 saturated heterocycles. The first-order valence-corrected chi connectivity index (χ1v) is 5.17. The van der Waals surface area contributed by atoms with Gasteiger partial charge in [-0.3, -0.25) is 0 Å². The highest BCUT2D eigenvalue weighted by Gasteiger charge is 2.02. The zero-order valence-electron chi connectivity index (χ0n) is 9.90. The van der Waals surface area contributed by atoms with Crippen LogP contribution in [0.5, 0.6) is 5.88 Å². The Bertz CT molecular complexity index is 363. The van der Waals surface area contributed by atoms with E-state index in [1.54, 1.807) is 13.3 Å². The predicted octanol–water partition coefficient (Wildman–Crippen LogP) is 0.903. The van der Waals surface area contributed by atoms with Crippen LogP contribution in [0, 0.1) is 0 Å². The number of nitrogens with one attached hydrogen (secondary N) is 1. The summed E-state index contributed by atoms with van der Waals surface area (Å²) in [5.74, 6) is 1.02. The van der Waals surface area contributed by atoms with E-state index < -0.39 is 0 Å². The number of guanidine groups is 1. The lowest BCUT2D eigenvalue weighted by atomic mass is 10.3. The van der Waals surface area contributed by atoms with Crippen LogP contribution in [0.25, 0.3) is 0 Å². The van der Waals surface area contributed by atoms with Gasteiger partial charge in [0.1, 0.15) is 0 Å². The lowest BCUT2D eigenvalue weighted by Crippen LogP contribution is -2.36. The summed E-state index contributed by atoms with van der Waals surface area (Å²) in [6, 6.07) is 4.04. The van der Waals surface area contributed by atoms with Gasteiger partial charge in [0, 0.05) is 17.8 Å². The van der Waals surface area contributed by atoms with Crippen LogP contribution in [0.3, 0.4) is 0 Å². The number of ether oxygens (including phenoxy) is 1. The van der Waals surface area contributed by atoms with Crippen LogP contribution in [-0.2, 0) is 6.54 Å². The molecule has 1 rings (SSSR count). The molecule has 0 saturated carbocycles. The zero-order chi connectivity index (χ0) is 12.0. The van der Waals surface area contributed by atoms with E-state index in [0.29, 0.717) is 18.4 Å². The molecule has 0 aliphatic rings. The molecule has 5 nitrogen and oxygen atoms in total. The largest absolute Gasteiger partial charge is 0.481 e. The Hall–Kier alpha value is -1.78. The summed E-state index contributed by atoms with van der Waals surface area (Å²) < 4.78 is 5.12. The maximum atomic E-state index is 5.69. The minimum absolute atomic E-state index is 0.277. The first-order chi connectivity index (χ1) is 7.63. The first kappa shape index (κ1) is 12.3. The van der Waals surface area contributed by atoms with Crippen molar-refractivity contribution in [1.29, 1.82) is 0 Å². The molecule has 3 N–H and O–H groups in total. The highest BCUT2D eigenvalue weighted by molar-refractivity contribution is 5.78. The minimum atomic E-state index is 0.277. The number of pyridine rings is 1. The summed E-state index contributed by atoms with van der Waals surface area (Å²) in [6.45, 7) is 4.47. The summed E-state index contributed by atoms with van der Waals surface area (Å²) in [5.41, 5.74) is 6.61. The molecule has 0 unspecified atom stereocenters. The van der Waals surface area contributed by atoms with E-state index in [-0.39, 0.29) is 6.04 Å². The molecule has 0 amide bonds. The molecule has 0 bridgehead atoms. The van der Waals surface area contributed by atoms with Crippen LogP contribution in [0.1, 0.15) is 19.4 Å². The van der Waals surface area contributed by atoms with Gasteiger partial charge in [0.05, 0.1) is 13.7 Å². The SMILES string of the molecule is COc1ncccc1CN=C(N)NC(C)C. The number of rotatable bonds is 4. The molecular weight excluding hydrogens is 204 g/mol. The lowest BCUT2D eigenvalue weighted by molar-refractivity contribution is 0.392. The molecule has 5 heteroatoms. The fourth-order valence-corrected chi connectivity index (χ4v) is 1.24. The van der Waals surface area contributed by atoms with Gasteiger partial charge in [0.25, 0.3) is 0 Å². The van der Waals surface area contributed by atoms with E-state index in [1.165, 1.54) is 0 Å². The van der Waals surface area contributed by atoms with Gasteiger partial charge in [-0.2, -0.15) is 0 Å².